The lowest BCUT2D eigenvalue weighted by Crippen LogP contribution is -2.41. The summed E-state index contributed by atoms with van der Waals surface area (Å²) in [6, 6.07) is 36.4. The standard InChI is InChI=1S/C36H30N2/c1-22(2)23-18-19-28-32(21-23)38-33-29(35(28,3)4)15-9-16-30(33)36(31-17-10-20-37-34(31)38)26-13-7-5-11-24(26)25-12-6-8-14-27(25)36/h5-22H,1-4H3. The molecule has 0 bridgehead atoms. The summed E-state index contributed by atoms with van der Waals surface area (Å²) in [5, 5.41) is 0. The minimum absolute atomic E-state index is 0.141. The van der Waals surface area contributed by atoms with Crippen molar-refractivity contribution in [3.63, 3.8) is 0 Å². The van der Waals surface area contributed by atoms with Crippen molar-refractivity contribution in [1.29, 1.82) is 0 Å². The number of anilines is 3. The van der Waals surface area contributed by atoms with Crippen molar-refractivity contribution < 1.29 is 0 Å². The zero-order valence-electron chi connectivity index (χ0n) is 22.3. The number of pyridine rings is 1. The van der Waals surface area contributed by atoms with Gasteiger partial charge in [-0.15, -0.1) is 0 Å². The number of hydrogen-bond donors (Lipinski definition) is 0. The third-order valence-corrected chi connectivity index (χ3v) is 9.29. The molecular formula is C36H30N2. The van der Waals surface area contributed by atoms with E-state index in [1.807, 2.05) is 6.20 Å². The molecule has 0 radical (unpaired) electrons. The highest BCUT2D eigenvalue weighted by molar-refractivity contribution is 5.98. The van der Waals surface area contributed by atoms with Crippen LogP contribution in [-0.4, -0.2) is 4.98 Å². The molecule has 1 aliphatic carbocycles. The van der Waals surface area contributed by atoms with Crippen molar-refractivity contribution in [2.24, 2.45) is 0 Å². The Labute approximate surface area is 224 Å². The average molecular weight is 491 g/mol. The largest absolute Gasteiger partial charge is 0.294 e. The first-order valence-corrected chi connectivity index (χ1v) is 13.7. The second kappa shape index (κ2) is 7.23. The maximum absolute atomic E-state index is 5.16. The first-order valence-electron chi connectivity index (χ1n) is 13.7. The van der Waals surface area contributed by atoms with Crippen molar-refractivity contribution in [3.8, 4) is 11.1 Å². The van der Waals surface area contributed by atoms with Crippen LogP contribution in [0.3, 0.4) is 0 Å². The van der Waals surface area contributed by atoms with Gasteiger partial charge in [0.2, 0.25) is 0 Å². The van der Waals surface area contributed by atoms with Gasteiger partial charge in [0, 0.05) is 17.2 Å². The molecule has 3 heterocycles. The van der Waals surface area contributed by atoms with Crippen LogP contribution in [-0.2, 0) is 10.8 Å². The fraction of sp³-hybridized carbons (Fsp3) is 0.194. The summed E-state index contributed by atoms with van der Waals surface area (Å²) in [4.78, 5) is 7.63. The molecule has 0 unspecified atom stereocenters. The maximum Gasteiger partial charge on any atom is 0.142 e. The molecule has 8 rings (SSSR count). The zero-order chi connectivity index (χ0) is 25.8. The smallest absolute Gasteiger partial charge is 0.142 e. The van der Waals surface area contributed by atoms with Crippen LogP contribution in [0.5, 0.6) is 0 Å². The van der Waals surface area contributed by atoms with E-state index in [-0.39, 0.29) is 5.41 Å². The van der Waals surface area contributed by atoms with Crippen LogP contribution < -0.4 is 4.90 Å². The van der Waals surface area contributed by atoms with E-state index in [4.69, 9.17) is 4.98 Å². The van der Waals surface area contributed by atoms with Crippen molar-refractivity contribution in [2.75, 3.05) is 4.90 Å². The predicted octanol–water partition coefficient (Wildman–Crippen LogP) is 8.99. The molecule has 0 amide bonds. The van der Waals surface area contributed by atoms with Gasteiger partial charge in [-0.25, -0.2) is 4.98 Å². The predicted molar refractivity (Wildman–Crippen MR) is 156 cm³/mol. The van der Waals surface area contributed by atoms with Crippen molar-refractivity contribution in [3.05, 3.63) is 142 Å². The highest BCUT2D eigenvalue weighted by atomic mass is 15.2. The van der Waals surface area contributed by atoms with Crippen LogP contribution in [0.4, 0.5) is 17.2 Å². The minimum Gasteiger partial charge on any atom is -0.294 e. The molecule has 1 aromatic heterocycles. The van der Waals surface area contributed by atoms with Crippen molar-refractivity contribution >= 4 is 17.2 Å². The van der Waals surface area contributed by atoms with Crippen molar-refractivity contribution in [2.45, 2.75) is 44.4 Å². The summed E-state index contributed by atoms with van der Waals surface area (Å²) in [5.74, 6) is 1.49. The Hall–Kier alpha value is -4.17. The molecule has 4 aromatic carbocycles. The Kier molecular flexibility index (Phi) is 4.16. The Morgan fingerprint density at radius 1 is 0.632 bits per heavy atom. The molecule has 0 saturated heterocycles. The monoisotopic (exact) mass is 490 g/mol. The summed E-state index contributed by atoms with van der Waals surface area (Å²) < 4.78 is 0. The summed E-state index contributed by atoms with van der Waals surface area (Å²) >= 11 is 0. The molecular weight excluding hydrogens is 460 g/mol. The van der Waals surface area contributed by atoms with Gasteiger partial charge in [0.25, 0.3) is 0 Å². The SMILES string of the molecule is CC(C)c1ccc2c(c1)N1c3ncccc3C3(c4ccccc4-c4ccccc43)c3cccc(c31)C2(C)C. The van der Waals surface area contributed by atoms with Crippen LogP contribution in [0.1, 0.15) is 72.6 Å². The number of rotatable bonds is 1. The third kappa shape index (κ3) is 2.42. The molecule has 38 heavy (non-hydrogen) atoms. The van der Waals surface area contributed by atoms with Gasteiger partial charge in [0.05, 0.1) is 16.8 Å². The summed E-state index contributed by atoms with van der Waals surface area (Å²) in [5.41, 5.74) is 14.0. The molecule has 1 spiro atoms. The van der Waals surface area contributed by atoms with Crippen LogP contribution in [0.15, 0.2) is 103 Å². The minimum atomic E-state index is -0.415. The molecule has 3 aliphatic rings. The quantitative estimate of drug-likeness (QED) is 0.228. The Morgan fingerprint density at radius 2 is 1.26 bits per heavy atom. The number of fused-ring (bicyclic) bond motifs is 11. The second-order valence-corrected chi connectivity index (χ2v) is 11.8. The fourth-order valence-corrected chi connectivity index (χ4v) is 7.53. The van der Waals surface area contributed by atoms with Gasteiger partial charge in [-0.05, 0) is 62.6 Å². The van der Waals surface area contributed by atoms with Crippen LogP contribution >= 0.6 is 0 Å². The van der Waals surface area contributed by atoms with E-state index >= 15 is 0 Å². The number of benzene rings is 4. The highest BCUT2D eigenvalue weighted by Gasteiger charge is 2.54. The van der Waals surface area contributed by atoms with E-state index in [9.17, 15) is 0 Å². The molecule has 2 heteroatoms. The van der Waals surface area contributed by atoms with Gasteiger partial charge in [-0.1, -0.05) is 113 Å². The van der Waals surface area contributed by atoms with E-state index in [0.717, 1.165) is 5.82 Å². The van der Waals surface area contributed by atoms with Crippen LogP contribution in [0, 0.1) is 0 Å². The van der Waals surface area contributed by atoms with E-state index in [2.05, 4.69) is 130 Å². The van der Waals surface area contributed by atoms with Gasteiger partial charge in [-0.2, -0.15) is 0 Å². The average Bonchev–Trinajstić information content (AvgIpc) is 3.24. The third-order valence-electron chi connectivity index (χ3n) is 9.29. The highest BCUT2D eigenvalue weighted by Crippen LogP contribution is 2.66. The number of para-hydroxylation sites is 1. The van der Waals surface area contributed by atoms with Crippen LogP contribution in [0.2, 0.25) is 0 Å². The molecule has 184 valence electrons. The summed E-state index contributed by atoms with van der Waals surface area (Å²) in [6.45, 7) is 9.31. The topological polar surface area (TPSA) is 16.1 Å². The first kappa shape index (κ1) is 21.9. The molecule has 0 atom stereocenters. The summed E-state index contributed by atoms with van der Waals surface area (Å²) in [7, 11) is 0. The zero-order valence-corrected chi connectivity index (χ0v) is 22.3. The molecule has 5 aromatic rings. The van der Waals surface area contributed by atoms with Gasteiger partial charge >= 0.3 is 0 Å². The van der Waals surface area contributed by atoms with Crippen LogP contribution in [0.25, 0.3) is 11.1 Å². The number of aromatic nitrogens is 1. The normalized spacial score (nSPS) is 16.5. The molecule has 0 saturated carbocycles. The maximum atomic E-state index is 5.16. The Bertz CT molecular complexity index is 1750. The molecule has 0 fully saturated rings. The summed E-state index contributed by atoms with van der Waals surface area (Å²) in [6.07, 6.45) is 1.96. The van der Waals surface area contributed by atoms with Gasteiger partial charge in [0.1, 0.15) is 5.82 Å². The lowest BCUT2D eigenvalue weighted by molar-refractivity contribution is 0.619. The van der Waals surface area contributed by atoms with E-state index < -0.39 is 5.41 Å². The van der Waals surface area contributed by atoms with Gasteiger partial charge in [-0.3, -0.25) is 4.90 Å². The lowest BCUT2D eigenvalue weighted by atomic mass is 9.62. The van der Waals surface area contributed by atoms with Crippen molar-refractivity contribution in [1.82, 2.24) is 4.98 Å². The van der Waals surface area contributed by atoms with E-state index in [1.54, 1.807) is 0 Å². The number of nitrogens with zero attached hydrogens (tertiary/aromatic N) is 2. The Balaban J connectivity index is 1.57. The second-order valence-electron chi connectivity index (χ2n) is 11.8. The van der Waals surface area contributed by atoms with E-state index in [1.165, 1.54) is 61.4 Å². The molecule has 2 aliphatic heterocycles. The fourth-order valence-electron chi connectivity index (χ4n) is 7.53. The first-order chi connectivity index (χ1) is 18.5. The van der Waals surface area contributed by atoms with E-state index in [0.29, 0.717) is 5.92 Å². The number of hydrogen-bond acceptors (Lipinski definition) is 2. The van der Waals surface area contributed by atoms with Gasteiger partial charge < -0.3 is 0 Å². The lowest BCUT2D eigenvalue weighted by Gasteiger charge is -2.50. The van der Waals surface area contributed by atoms with Gasteiger partial charge in [0.15, 0.2) is 0 Å². The Morgan fingerprint density at radius 3 is 1.97 bits per heavy atom. The molecule has 2 nitrogen and oxygen atoms in total. The molecule has 0 N–H and O–H groups in total.